The molecule has 0 spiro atoms. The molecule has 0 bridgehead atoms. The Hall–Kier alpha value is -3.73. The zero-order valence-electron chi connectivity index (χ0n) is 26.7. The van der Waals surface area contributed by atoms with Crippen molar-refractivity contribution < 1.29 is 18.8 Å². The molecular weight excluding hydrogens is 572 g/mol. The molecule has 45 heavy (non-hydrogen) atoms. The Labute approximate surface area is 269 Å². The Morgan fingerprint density at radius 1 is 0.533 bits per heavy atom. The fraction of sp³-hybridized carbons (Fsp3) is 0.231. The van der Waals surface area contributed by atoms with Gasteiger partial charge >= 0.3 is 0 Å². The average Bonchev–Trinajstić information content (AvgIpc) is 3.11. The molecule has 1 aliphatic heterocycles. The number of benzene rings is 5. The molecule has 2 atom stereocenters. The van der Waals surface area contributed by atoms with Crippen molar-refractivity contribution in [1.29, 1.82) is 0 Å². The smallest absolute Gasteiger partial charge is 0.300 e. The van der Waals surface area contributed by atoms with Gasteiger partial charge in [-0.05, 0) is 37.5 Å². The van der Waals surface area contributed by atoms with Crippen molar-refractivity contribution in [2.45, 2.75) is 38.6 Å². The zero-order valence-corrected chi connectivity index (χ0v) is 27.6. The molecule has 1 aliphatic rings. The molecule has 0 aliphatic carbocycles. The second kappa shape index (κ2) is 15.5. The van der Waals surface area contributed by atoms with Gasteiger partial charge < -0.3 is 18.8 Å². The summed E-state index contributed by atoms with van der Waals surface area (Å²) in [5, 5.41) is 0. The summed E-state index contributed by atoms with van der Waals surface area (Å²) >= 11 is 0. The fourth-order valence-corrected chi connectivity index (χ4v) is 9.79. The van der Waals surface area contributed by atoms with Crippen molar-refractivity contribution in [1.82, 2.24) is 0 Å². The van der Waals surface area contributed by atoms with E-state index in [1.807, 2.05) is 152 Å². The maximum absolute atomic E-state index is 15.6. The van der Waals surface area contributed by atoms with E-state index in [-0.39, 0.29) is 0 Å². The van der Waals surface area contributed by atoms with E-state index >= 15 is 4.57 Å². The maximum atomic E-state index is 15.6. The van der Waals surface area contributed by atoms with Gasteiger partial charge in [0.05, 0.1) is 31.3 Å². The number of quaternary nitrogens is 1. The van der Waals surface area contributed by atoms with E-state index in [2.05, 4.69) is 20.8 Å². The minimum absolute atomic E-state index is 0.364. The van der Waals surface area contributed by atoms with Crippen LogP contribution in [0.2, 0.25) is 0 Å². The summed E-state index contributed by atoms with van der Waals surface area (Å²) in [6.07, 6.45) is 0.364. The average molecular weight is 618 g/mol. The van der Waals surface area contributed by atoms with Crippen LogP contribution in [0.5, 0.6) is 0 Å². The van der Waals surface area contributed by atoms with E-state index in [9.17, 15) is 0 Å². The van der Waals surface area contributed by atoms with Crippen LogP contribution in [0.25, 0.3) is 0 Å². The molecule has 1 heterocycles. The van der Waals surface area contributed by atoms with Gasteiger partial charge in [-0.3, -0.25) is 0 Å². The first-order valence-corrected chi connectivity index (χ1v) is 18.2. The van der Waals surface area contributed by atoms with Crippen LogP contribution in [0.4, 0.5) is 0 Å². The second-order valence-electron chi connectivity index (χ2n) is 11.6. The van der Waals surface area contributed by atoms with Crippen molar-refractivity contribution in [2.24, 2.45) is 0 Å². The van der Waals surface area contributed by atoms with E-state index in [0.29, 0.717) is 6.16 Å². The lowest BCUT2D eigenvalue weighted by molar-refractivity contribution is -0.894. The minimum atomic E-state index is -3.25. The summed E-state index contributed by atoms with van der Waals surface area (Å²) < 4.78 is 29.9. The maximum Gasteiger partial charge on any atom is 0.300 e. The molecule has 0 saturated carbocycles. The topological polar surface area (TPSA) is 40.0 Å². The van der Waals surface area contributed by atoms with Crippen LogP contribution >= 0.6 is 7.14 Å². The highest BCUT2D eigenvalue weighted by atomic mass is 31.2. The molecule has 1 N–H and O–H groups in total. The molecule has 1 fully saturated rings. The summed E-state index contributed by atoms with van der Waals surface area (Å²) in [6.45, 7) is 8.31. The SMILES string of the molecule is CC[NH+](CC)CC.O=P1(Cc2ccccc2)C(c2ccccc2)O[B-](c2ccccc2)(c2ccccc2)OC1c1ccccc1. The van der Waals surface area contributed by atoms with Crippen LogP contribution < -0.4 is 15.8 Å². The highest BCUT2D eigenvalue weighted by Crippen LogP contribution is 2.74. The van der Waals surface area contributed by atoms with Gasteiger partial charge in [0.15, 0.2) is 0 Å². The predicted molar refractivity (Wildman–Crippen MR) is 189 cm³/mol. The molecule has 2 unspecified atom stereocenters. The van der Waals surface area contributed by atoms with Gasteiger partial charge in [0.25, 0.3) is 6.55 Å². The minimum Gasteiger partial charge on any atom is -0.549 e. The Balaban J connectivity index is 0.000000515. The monoisotopic (exact) mass is 617 g/mol. The third-order valence-electron chi connectivity index (χ3n) is 8.85. The Morgan fingerprint density at radius 3 is 1.20 bits per heavy atom. The van der Waals surface area contributed by atoms with Crippen LogP contribution in [0.1, 0.15) is 49.2 Å². The van der Waals surface area contributed by atoms with Gasteiger partial charge in [-0.25, -0.2) is 0 Å². The Bertz CT molecular complexity index is 1520. The van der Waals surface area contributed by atoms with Crippen molar-refractivity contribution in [3.63, 3.8) is 0 Å². The van der Waals surface area contributed by atoms with E-state index in [1.54, 1.807) is 4.90 Å². The Kier molecular flexibility index (Phi) is 11.3. The lowest BCUT2D eigenvalue weighted by Crippen LogP contribution is -3.11. The van der Waals surface area contributed by atoms with Crippen LogP contribution in [0, 0.1) is 0 Å². The van der Waals surface area contributed by atoms with Crippen LogP contribution in [0.3, 0.4) is 0 Å². The summed E-state index contributed by atoms with van der Waals surface area (Å²) in [7, 11) is -3.25. The molecular formula is C39H45BNO3P. The lowest BCUT2D eigenvalue weighted by atomic mass is 9.46. The fourth-order valence-electron chi connectivity index (χ4n) is 6.33. The van der Waals surface area contributed by atoms with Crippen molar-refractivity contribution in [3.05, 3.63) is 168 Å². The quantitative estimate of drug-likeness (QED) is 0.141. The summed E-state index contributed by atoms with van der Waals surface area (Å²) in [6, 6.07) is 50.2. The first-order valence-electron chi connectivity index (χ1n) is 16.2. The highest BCUT2D eigenvalue weighted by Gasteiger charge is 2.52. The van der Waals surface area contributed by atoms with E-state index in [1.165, 1.54) is 19.6 Å². The largest absolute Gasteiger partial charge is 0.549 e. The van der Waals surface area contributed by atoms with Gasteiger partial charge in [0.2, 0.25) is 0 Å². The van der Waals surface area contributed by atoms with E-state index in [4.69, 9.17) is 9.31 Å². The van der Waals surface area contributed by atoms with Gasteiger partial charge in [-0.15, -0.1) is 10.9 Å². The van der Waals surface area contributed by atoms with E-state index < -0.39 is 25.4 Å². The van der Waals surface area contributed by atoms with Crippen LogP contribution in [0.15, 0.2) is 152 Å². The van der Waals surface area contributed by atoms with Crippen molar-refractivity contribution in [3.8, 4) is 0 Å². The van der Waals surface area contributed by atoms with Crippen LogP contribution in [-0.2, 0) is 20.0 Å². The highest BCUT2D eigenvalue weighted by molar-refractivity contribution is 7.63. The third kappa shape index (κ3) is 7.40. The molecule has 1 saturated heterocycles. The molecule has 5 aromatic rings. The molecule has 0 radical (unpaired) electrons. The number of rotatable bonds is 9. The lowest BCUT2D eigenvalue weighted by Gasteiger charge is -2.56. The van der Waals surface area contributed by atoms with Gasteiger partial charge in [0.1, 0.15) is 7.14 Å². The van der Waals surface area contributed by atoms with Crippen LogP contribution in [-0.4, -0.2) is 26.2 Å². The molecule has 232 valence electrons. The Morgan fingerprint density at radius 2 is 0.867 bits per heavy atom. The van der Waals surface area contributed by atoms with Crippen molar-refractivity contribution >= 4 is 24.6 Å². The third-order valence-corrected chi connectivity index (χ3v) is 12.1. The molecule has 5 aromatic carbocycles. The molecule has 0 amide bonds. The second-order valence-corrected chi connectivity index (χ2v) is 14.6. The molecule has 6 heteroatoms. The first-order chi connectivity index (χ1) is 22.0. The summed E-state index contributed by atoms with van der Waals surface area (Å²) in [5.74, 6) is -1.33. The number of hydrogen-bond donors (Lipinski definition) is 1. The molecule has 0 aromatic heterocycles. The predicted octanol–water partition coefficient (Wildman–Crippen LogP) is 7.18. The first kappa shape index (κ1) is 32.7. The van der Waals surface area contributed by atoms with Crippen molar-refractivity contribution in [2.75, 3.05) is 19.6 Å². The number of nitrogens with one attached hydrogen (secondary N) is 1. The number of hydrogen-bond acceptors (Lipinski definition) is 3. The molecule has 6 rings (SSSR count). The zero-order chi connectivity index (χ0) is 31.5. The van der Waals surface area contributed by atoms with Gasteiger partial charge in [-0.2, -0.15) is 0 Å². The van der Waals surface area contributed by atoms with Gasteiger partial charge in [0, 0.05) is 6.16 Å². The molecule has 4 nitrogen and oxygen atoms in total. The normalized spacial score (nSPS) is 20.6. The summed E-state index contributed by atoms with van der Waals surface area (Å²) in [4.78, 5) is 1.68. The summed E-state index contributed by atoms with van der Waals surface area (Å²) in [5.41, 5.74) is 4.64. The van der Waals surface area contributed by atoms with Gasteiger partial charge in [-0.1, -0.05) is 152 Å². The standard InChI is InChI=1S/C33H29BO3P.C6H15N/c35-38(26-27-16-6-1-7-17-27)32(28-18-8-2-9-19-28)36-34(30-22-12-4-13-23-30,31-24-14-5-15-25-31)37-33(38)29-20-10-3-11-21-29;1-4-7(5-2)6-3/h1-25,32-33H,26H2;4-6H2,1-3H3/q-1;/p+1. The van der Waals surface area contributed by atoms with E-state index in [0.717, 1.165) is 27.6 Å².